The molecule has 66 valence electrons. The fourth-order valence-electron chi connectivity index (χ4n) is 1.09. The number of carbonyl (C=O) groups excluding carboxylic acids is 1. The van der Waals surface area contributed by atoms with E-state index in [0.29, 0.717) is 5.56 Å². The minimum absolute atomic E-state index is 0.270. The topological polar surface area (TPSA) is 40.9 Å². The monoisotopic (exact) mass is 177 g/mol. The van der Waals surface area contributed by atoms with Crippen molar-refractivity contribution in [1.82, 2.24) is 0 Å². The van der Waals surface area contributed by atoms with Crippen LogP contribution in [0.1, 0.15) is 18.4 Å². The van der Waals surface area contributed by atoms with E-state index in [9.17, 15) is 9.18 Å². The van der Waals surface area contributed by atoms with Gasteiger partial charge in [0.05, 0.1) is 6.07 Å². The van der Waals surface area contributed by atoms with Gasteiger partial charge >= 0.3 is 0 Å². The lowest BCUT2D eigenvalue weighted by Gasteiger charge is -2.04. The van der Waals surface area contributed by atoms with Crippen LogP contribution >= 0.6 is 0 Å². The number of hydrogen-bond donors (Lipinski definition) is 0. The van der Waals surface area contributed by atoms with Gasteiger partial charge in [0.2, 0.25) is 0 Å². The van der Waals surface area contributed by atoms with E-state index in [1.807, 2.05) is 6.07 Å². The van der Waals surface area contributed by atoms with Crippen LogP contribution in [0.4, 0.5) is 4.39 Å². The molecular formula is C10H8FNO. The summed E-state index contributed by atoms with van der Waals surface area (Å²) in [5, 5.41) is 8.65. The molecule has 0 aromatic heterocycles. The molecule has 0 spiro atoms. The summed E-state index contributed by atoms with van der Waals surface area (Å²) in [4.78, 5) is 10.9. The molecule has 0 amide bonds. The van der Waals surface area contributed by atoms with Crippen LogP contribution in [0.5, 0.6) is 0 Å². The predicted molar refractivity (Wildman–Crippen MR) is 45.4 cm³/mol. The average molecular weight is 177 g/mol. The van der Waals surface area contributed by atoms with Gasteiger partial charge in [0.1, 0.15) is 11.7 Å². The summed E-state index contributed by atoms with van der Waals surface area (Å²) in [6.45, 7) is 1.32. The van der Waals surface area contributed by atoms with Crippen LogP contribution in [0.15, 0.2) is 24.3 Å². The molecule has 0 saturated heterocycles. The van der Waals surface area contributed by atoms with Crippen molar-refractivity contribution in [2.75, 3.05) is 0 Å². The lowest BCUT2D eigenvalue weighted by Crippen LogP contribution is -2.06. The Hall–Kier alpha value is -1.69. The summed E-state index contributed by atoms with van der Waals surface area (Å²) in [6, 6.07) is 7.36. The fraction of sp³-hybridized carbons (Fsp3) is 0.200. The van der Waals surface area contributed by atoms with Crippen LogP contribution in [-0.2, 0) is 4.79 Å². The minimum atomic E-state index is -0.851. The highest BCUT2D eigenvalue weighted by Gasteiger charge is 2.15. The summed E-state index contributed by atoms with van der Waals surface area (Å²) in [6.07, 6.45) is 0. The van der Waals surface area contributed by atoms with Gasteiger partial charge in [0.15, 0.2) is 5.78 Å². The first kappa shape index (κ1) is 9.40. The predicted octanol–water partition coefficient (Wildman–Crippen LogP) is 2.02. The van der Waals surface area contributed by atoms with Gasteiger partial charge in [-0.25, -0.2) is 4.39 Å². The molecule has 1 rings (SSSR count). The maximum atomic E-state index is 12.7. The zero-order valence-corrected chi connectivity index (χ0v) is 7.12. The number of carbonyl (C=O) groups is 1. The Labute approximate surface area is 75.6 Å². The lowest BCUT2D eigenvalue weighted by atomic mass is 9.97. The quantitative estimate of drug-likeness (QED) is 0.693. The minimum Gasteiger partial charge on any atom is -0.298 e. The molecule has 2 nitrogen and oxygen atoms in total. The fourth-order valence-corrected chi connectivity index (χ4v) is 1.09. The third-order valence-corrected chi connectivity index (χ3v) is 1.72. The molecule has 0 aliphatic heterocycles. The number of benzene rings is 1. The van der Waals surface area contributed by atoms with Crippen molar-refractivity contribution in [2.45, 2.75) is 12.8 Å². The Morgan fingerprint density at radius 1 is 1.62 bits per heavy atom. The molecular weight excluding hydrogens is 169 g/mol. The second-order valence-electron chi connectivity index (χ2n) is 2.73. The molecule has 0 saturated carbocycles. The molecule has 0 heterocycles. The SMILES string of the molecule is CC(=O)C(C#N)c1cccc(F)c1. The van der Waals surface area contributed by atoms with Gasteiger partial charge < -0.3 is 0 Å². The first-order chi connectivity index (χ1) is 6.15. The molecule has 1 atom stereocenters. The van der Waals surface area contributed by atoms with Crippen molar-refractivity contribution in [2.24, 2.45) is 0 Å². The lowest BCUT2D eigenvalue weighted by molar-refractivity contribution is -0.117. The number of nitriles is 1. The van der Waals surface area contributed by atoms with Gasteiger partial charge in [-0.3, -0.25) is 4.79 Å². The van der Waals surface area contributed by atoms with Crippen molar-refractivity contribution >= 4 is 5.78 Å². The zero-order valence-electron chi connectivity index (χ0n) is 7.12. The molecule has 0 radical (unpaired) electrons. The van der Waals surface area contributed by atoms with Crippen molar-refractivity contribution < 1.29 is 9.18 Å². The third kappa shape index (κ3) is 2.12. The highest BCUT2D eigenvalue weighted by Crippen LogP contribution is 2.16. The number of hydrogen-bond acceptors (Lipinski definition) is 2. The molecule has 0 N–H and O–H groups in total. The van der Waals surface area contributed by atoms with E-state index < -0.39 is 11.7 Å². The summed E-state index contributed by atoms with van der Waals surface area (Å²) < 4.78 is 12.7. The van der Waals surface area contributed by atoms with E-state index in [-0.39, 0.29) is 5.78 Å². The van der Waals surface area contributed by atoms with Crippen LogP contribution in [0.25, 0.3) is 0 Å². The van der Waals surface area contributed by atoms with Gasteiger partial charge in [0.25, 0.3) is 0 Å². The van der Waals surface area contributed by atoms with Gasteiger partial charge in [-0.2, -0.15) is 5.26 Å². The number of nitrogens with zero attached hydrogens (tertiary/aromatic N) is 1. The third-order valence-electron chi connectivity index (χ3n) is 1.72. The van der Waals surface area contributed by atoms with Gasteiger partial charge in [0, 0.05) is 0 Å². The highest BCUT2D eigenvalue weighted by molar-refractivity contribution is 5.86. The Balaban J connectivity index is 3.07. The van der Waals surface area contributed by atoms with Crippen LogP contribution in [0.2, 0.25) is 0 Å². The molecule has 0 bridgehead atoms. The van der Waals surface area contributed by atoms with Gasteiger partial charge in [-0.1, -0.05) is 12.1 Å². The van der Waals surface area contributed by atoms with Crippen LogP contribution in [0.3, 0.4) is 0 Å². The van der Waals surface area contributed by atoms with Crippen molar-refractivity contribution in [3.63, 3.8) is 0 Å². The van der Waals surface area contributed by atoms with Crippen LogP contribution < -0.4 is 0 Å². The normalized spacial score (nSPS) is 11.8. The number of rotatable bonds is 2. The zero-order chi connectivity index (χ0) is 9.84. The summed E-state index contributed by atoms with van der Waals surface area (Å²) in [7, 11) is 0. The molecule has 3 heteroatoms. The second kappa shape index (κ2) is 3.81. The first-order valence-electron chi connectivity index (χ1n) is 3.80. The number of halogens is 1. The second-order valence-corrected chi connectivity index (χ2v) is 2.73. The van der Waals surface area contributed by atoms with E-state index >= 15 is 0 Å². The van der Waals surface area contributed by atoms with Crippen LogP contribution in [-0.4, -0.2) is 5.78 Å². The number of Topliss-reactive ketones (excluding diaryl/α,β-unsaturated/α-hetero) is 1. The Kier molecular flexibility index (Phi) is 2.76. The van der Waals surface area contributed by atoms with Crippen molar-refractivity contribution in [3.8, 4) is 6.07 Å². The average Bonchev–Trinajstić information content (AvgIpc) is 2.04. The smallest absolute Gasteiger partial charge is 0.151 e. The molecule has 0 aliphatic carbocycles. The highest BCUT2D eigenvalue weighted by atomic mass is 19.1. The largest absolute Gasteiger partial charge is 0.298 e. The molecule has 0 fully saturated rings. The summed E-state index contributed by atoms with van der Waals surface area (Å²) in [5.74, 6) is -1.55. The standard InChI is InChI=1S/C10H8FNO/c1-7(13)10(6-12)8-3-2-4-9(11)5-8/h2-5,10H,1H3. The molecule has 1 unspecified atom stereocenters. The van der Waals surface area contributed by atoms with Crippen LogP contribution in [0, 0.1) is 17.1 Å². The van der Waals surface area contributed by atoms with E-state index in [1.165, 1.54) is 25.1 Å². The summed E-state index contributed by atoms with van der Waals surface area (Å²) in [5.41, 5.74) is 0.412. The Bertz CT molecular complexity index is 367. The Morgan fingerprint density at radius 2 is 2.31 bits per heavy atom. The maximum Gasteiger partial charge on any atom is 0.151 e. The van der Waals surface area contributed by atoms with E-state index in [1.54, 1.807) is 6.07 Å². The van der Waals surface area contributed by atoms with Crippen molar-refractivity contribution in [3.05, 3.63) is 35.6 Å². The van der Waals surface area contributed by atoms with E-state index in [0.717, 1.165) is 0 Å². The molecule has 1 aromatic rings. The molecule has 1 aromatic carbocycles. The molecule has 13 heavy (non-hydrogen) atoms. The van der Waals surface area contributed by atoms with Gasteiger partial charge in [-0.05, 0) is 24.6 Å². The number of ketones is 1. The van der Waals surface area contributed by atoms with E-state index in [4.69, 9.17) is 5.26 Å². The first-order valence-corrected chi connectivity index (χ1v) is 3.80. The van der Waals surface area contributed by atoms with Crippen molar-refractivity contribution in [1.29, 1.82) is 5.26 Å². The maximum absolute atomic E-state index is 12.7. The van der Waals surface area contributed by atoms with E-state index in [2.05, 4.69) is 0 Å². The van der Waals surface area contributed by atoms with Gasteiger partial charge in [-0.15, -0.1) is 0 Å². The summed E-state index contributed by atoms with van der Waals surface area (Å²) >= 11 is 0. The molecule has 0 aliphatic rings. The Morgan fingerprint density at radius 3 is 2.77 bits per heavy atom.